The Hall–Kier alpha value is -1.96. The number of nitrogens with two attached hydrogens (primary N) is 1. The molecule has 0 atom stereocenters. The number of nitrogen functional groups attached to an aromatic ring is 1. The van der Waals surface area contributed by atoms with Crippen LogP contribution in [0.5, 0.6) is 0 Å². The van der Waals surface area contributed by atoms with Gasteiger partial charge in [0.25, 0.3) is 5.56 Å². The number of ether oxygens (including phenoxy) is 1. The number of hydrogen-bond acceptors (Lipinski definition) is 6. The number of para-hydroxylation sites is 1. The highest BCUT2D eigenvalue weighted by Gasteiger charge is 2.12. The molecule has 1 aliphatic heterocycles. The minimum atomic E-state index is -0.0551. The van der Waals surface area contributed by atoms with Crippen molar-refractivity contribution >= 4 is 16.9 Å². The van der Waals surface area contributed by atoms with Gasteiger partial charge in [-0.2, -0.15) is 0 Å². The van der Waals surface area contributed by atoms with Crippen LogP contribution in [0.4, 0.5) is 5.95 Å². The van der Waals surface area contributed by atoms with Crippen LogP contribution in [0.3, 0.4) is 0 Å². The van der Waals surface area contributed by atoms with Gasteiger partial charge in [0.2, 0.25) is 5.95 Å². The van der Waals surface area contributed by atoms with Crippen LogP contribution in [0.2, 0.25) is 0 Å². The molecule has 0 saturated carbocycles. The van der Waals surface area contributed by atoms with Gasteiger partial charge in [0.15, 0.2) is 0 Å². The average molecular weight is 303 g/mol. The third-order valence-corrected chi connectivity index (χ3v) is 3.95. The SMILES string of the molecule is NNc1nc2ccccc2c(=O)n1CCCN1CCOCC1. The van der Waals surface area contributed by atoms with E-state index in [2.05, 4.69) is 15.3 Å². The summed E-state index contributed by atoms with van der Waals surface area (Å²) in [7, 11) is 0. The Balaban J connectivity index is 1.77. The molecule has 1 aromatic heterocycles. The molecule has 0 spiro atoms. The van der Waals surface area contributed by atoms with Crippen molar-refractivity contribution in [2.45, 2.75) is 13.0 Å². The van der Waals surface area contributed by atoms with Gasteiger partial charge in [-0.05, 0) is 18.6 Å². The van der Waals surface area contributed by atoms with Gasteiger partial charge in [-0.25, -0.2) is 10.8 Å². The Morgan fingerprint density at radius 2 is 2.00 bits per heavy atom. The van der Waals surface area contributed by atoms with E-state index in [4.69, 9.17) is 10.6 Å². The standard InChI is InChI=1S/C15H21N5O2/c16-18-15-17-13-5-2-1-4-12(13)14(21)20(15)7-3-6-19-8-10-22-11-9-19/h1-2,4-5H,3,6-11,16H2,(H,17,18). The number of anilines is 1. The van der Waals surface area contributed by atoms with Crippen molar-refractivity contribution in [3.63, 3.8) is 0 Å². The van der Waals surface area contributed by atoms with Gasteiger partial charge in [-0.1, -0.05) is 12.1 Å². The minimum Gasteiger partial charge on any atom is -0.379 e. The maximum Gasteiger partial charge on any atom is 0.262 e. The summed E-state index contributed by atoms with van der Waals surface area (Å²) in [5.74, 6) is 5.93. The molecule has 1 fully saturated rings. The molecule has 0 radical (unpaired) electrons. The van der Waals surface area contributed by atoms with E-state index in [9.17, 15) is 4.79 Å². The van der Waals surface area contributed by atoms with Crippen LogP contribution in [0.1, 0.15) is 6.42 Å². The lowest BCUT2D eigenvalue weighted by Gasteiger charge is -2.26. The van der Waals surface area contributed by atoms with Crippen LogP contribution < -0.4 is 16.8 Å². The first-order chi connectivity index (χ1) is 10.8. The monoisotopic (exact) mass is 303 g/mol. The Kier molecular flexibility index (Phi) is 4.67. The number of aromatic nitrogens is 2. The van der Waals surface area contributed by atoms with Crippen molar-refractivity contribution in [1.82, 2.24) is 14.5 Å². The van der Waals surface area contributed by atoms with Crippen LogP contribution >= 0.6 is 0 Å². The molecule has 7 nitrogen and oxygen atoms in total. The molecular formula is C15H21N5O2. The Labute approximate surface area is 128 Å². The summed E-state index contributed by atoms with van der Waals surface area (Å²) in [6.07, 6.45) is 0.870. The first-order valence-electron chi connectivity index (χ1n) is 7.56. The fraction of sp³-hybridized carbons (Fsp3) is 0.467. The van der Waals surface area contributed by atoms with Crippen molar-refractivity contribution < 1.29 is 4.74 Å². The van der Waals surface area contributed by atoms with Crippen molar-refractivity contribution in [1.29, 1.82) is 0 Å². The number of nitrogens with zero attached hydrogens (tertiary/aromatic N) is 3. The molecule has 3 N–H and O–H groups in total. The number of hydrogen-bond donors (Lipinski definition) is 2. The molecule has 0 amide bonds. The van der Waals surface area contributed by atoms with Gasteiger partial charge in [-0.3, -0.25) is 19.7 Å². The first kappa shape index (κ1) is 15.0. The van der Waals surface area contributed by atoms with Gasteiger partial charge in [0, 0.05) is 26.2 Å². The third kappa shape index (κ3) is 3.11. The number of benzene rings is 1. The number of nitrogens with one attached hydrogen (secondary N) is 1. The van der Waals surface area contributed by atoms with Crippen molar-refractivity contribution in [3.8, 4) is 0 Å². The topological polar surface area (TPSA) is 85.4 Å². The molecular weight excluding hydrogens is 282 g/mol. The zero-order valence-electron chi connectivity index (χ0n) is 12.5. The minimum absolute atomic E-state index is 0.0551. The molecule has 1 aromatic carbocycles. The highest BCUT2D eigenvalue weighted by atomic mass is 16.5. The predicted octanol–water partition coefficient (Wildman–Crippen LogP) is 0.404. The molecule has 1 aliphatic rings. The van der Waals surface area contributed by atoms with Crippen LogP contribution in [-0.2, 0) is 11.3 Å². The van der Waals surface area contributed by atoms with Crippen LogP contribution in [0, 0.1) is 0 Å². The van der Waals surface area contributed by atoms with E-state index in [0.29, 0.717) is 23.4 Å². The Morgan fingerprint density at radius 1 is 1.23 bits per heavy atom. The molecule has 2 aromatic rings. The molecule has 22 heavy (non-hydrogen) atoms. The summed E-state index contributed by atoms with van der Waals surface area (Å²) in [5, 5.41) is 0.618. The summed E-state index contributed by atoms with van der Waals surface area (Å²) < 4.78 is 6.95. The Morgan fingerprint density at radius 3 is 2.77 bits per heavy atom. The van der Waals surface area contributed by atoms with Gasteiger partial charge in [0.1, 0.15) is 0 Å². The highest BCUT2D eigenvalue weighted by molar-refractivity contribution is 5.78. The van der Waals surface area contributed by atoms with E-state index in [1.807, 2.05) is 18.2 Å². The quantitative estimate of drug-likeness (QED) is 0.614. The fourth-order valence-corrected chi connectivity index (χ4v) is 2.76. The van der Waals surface area contributed by atoms with Gasteiger partial charge < -0.3 is 4.74 Å². The molecule has 3 rings (SSSR count). The summed E-state index contributed by atoms with van der Waals surface area (Å²) >= 11 is 0. The van der Waals surface area contributed by atoms with Gasteiger partial charge in [0.05, 0.1) is 24.1 Å². The second-order valence-corrected chi connectivity index (χ2v) is 5.36. The molecule has 7 heteroatoms. The smallest absolute Gasteiger partial charge is 0.262 e. The normalized spacial score (nSPS) is 16.0. The lowest BCUT2D eigenvalue weighted by Crippen LogP contribution is -2.37. The van der Waals surface area contributed by atoms with Crippen LogP contribution in [0.15, 0.2) is 29.1 Å². The second kappa shape index (κ2) is 6.87. The third-order valence-electron chi connectivity index (χ3n) is 3.95. The number of hydrazine groups is 1. The molecule has 1 saturated heterocycles. The van der Waals surface area contributed by atoms with E-state index in [1.54, 1.807) is 10.6 Å². The predicted molar refractivity (Wildman–Crippen MR) is 85.7 cm³/mol. The van der Waals surface area contributed by atoms with Crippen molar-refractivity contribution in [2.75, 3.05) is 38.3 Å². The molecule has 0 bridgehead atoms. The van der Waals surface area contributed by atoms with E-state index in [0.717, 1.165) is 39.3 Å². The van der Waals surface area contributed by atoms with E-state index in [-0.39, 0.29) is 5.56 Å². The van der Waals surface area contributed by atoms with Crippen molar-refractivity contribution in [2.24, 2.45) is 5.84 Å². The van der Waals surface area contributed by atoms with Crippen LogP contribution in [0.25, 0.3) is 10.9 Å². The first-order valence-corrected chi connectivity index (χ1v) is 7.56. The zero-order chi connectivity index (χ0) is 15.4. The maximum atomic E-state index is 12.6. The van der Waals surface area contributed by atoms with E-state index >= 15 is 0 Å². The van der Waals surface area contributed by atoms with E-state index in [1.165, 1.54) is 0 Å². The highest BCUT2D eigenvalue weighted by Crippen LogP contribution is 2.11. The van der Waals surface area contributed by atoms with Crippen molar-refractivity contribution in [3.05, 3.63) is 34.6 Å². The Bertz CT molecular complexity index is 694. The zero-order valence-corrected chi connectivity index (χ0v) is 12.5. The largest absolute Gasteiger partial charge is 0.379 e. The molecule has 0 unspecified atom stereocenters. The summed E-state index contributed by atoms with van der Waals surface area (Å²) in [5.41, 5.74) is 3.14. The molecule has 0 aliphatic carbocycles. The number of rotatable bonds is 5. The van der Waals surface area contributed by atoms with Gasteiger partial charge in [-0.15, -0.1) is 0 Å². The second-order valence-electron chi connectivity index (χ2n) is 5.36. The molecule has 118 valence electrons. The lowest BCUT2D eigenvalue weighted by atomic mass is 10.2. The van der Waals surface area contributed by atoms with Crippen LogP contribution in [-0.4, -0.2) is 47.3 Å². The summed E-state index contributed by atoms with van der Waals surface area (Å²) in [4.78, 5) is 19.3. The van der Waals surface area contributed by atoms with E-state index < -0.39 is 0 Å². The lowest BCUT2D eigenvalue weighted by molar-refractivity contribution is 0.0369. The maximum absolute atomic E-state index is 12.6. The fourth-order valence-electron chi connectivity index (χ4n) is 2.76. The molecule has 2 heterocycles. The average Bonchev–Trinajstić information content (AvgIpc) is 2.57. The summed E-state index contributed by atoms with van der Waals surface area (Å²) in [6.45, 7) is 5.00. The van der Waals surface area contributed by atoms with Gasteiger partial charge >= 0.3 is 0 Å². The summed E-state index contributed by atoms with van der Waals surface area (Å²) in [6, 6.07) is 7.32. The number of morpholine rings is 1. The number of fused-ring (bicyclic) bond motifs is 1.